The molecule has 2 rings (SSSR count). The molecular weight excluding hydrogens is 292 g/mol. The van der Waals surface area contributed by atoms with E-state index in [1.54, 1.807) is 7.11 Å². The van der Waals surface area contributed by atoms with E-state index < -0.39 is 0 Å². The summed E-state index contributed by atoms with van der Waals surface area (Å²) in [6, 6.07) is 18.5. The molecule has 0 unspecified atom stereocenters. The molecular formula is C18H22N2OS. The van der Waals surface area contributed by atoms with E-state index in [2.05, 4.69) is 34.9 Å². The molecule has 2 aromatic rings. The van der Waals surface area contributed by atoms with Gasteiger partial charge in [0.05, 0.1) is 7.11 Å². The molecule has 0 fully saturated rings. The number of hydrogen-bond donors (Lipinski definition) is 2. The number of aryl methyl sites for hydroxylation is 1. The minimum Gasteiger partial charge on any atom is -0.497 e. The fourth-order valence-corrected chi connectivity index (χ4v) is 2.30. The number of methoxy groups -OCH3 is 1. The van der Waals surface area contributed by atoms with Crippen LogP contribution in [0.4, 0.5) is 0 Å². The van der Waals surface area contributed by atoms with Gasteiger partial charge in [-0.15, -0.1) is 0 Å². The van der Waals surface area contributed by atoms with E-state index in [-0.39, 0.29) is 0 Å². The molecule has 22 heavy (non-hydrogen) atoms. The van der Waals surface area contributed by atoms with Crippen molar-refractivity contribution in [3.05, 3.63) is 65.7 Å². The second-order valence-electron chi connectivity index (χ2n) is 5.05. The van der Waals surface area contributed by atoms with Crippen molar-refractivity contribution in [1.29, 1.82) is 0 Å². The Morgan fingerprint density at radius 2 is 1.68 bits per heavy atom. The number of hydrogen-bond acceptors (Lipinski definition) is 2. The van der Waals surface area contributed by atoms with Crippen LogP contribution < -0.4 is 15.4 Å². The van der Waals surface area contributed by atoms with Gasteiger partial charge in [-0.1, -0.05) is 42.5 Å². The van der Waals surface area contributed by atoms with Gasteiger partial charge in [-0.05, 0) is 48.3 Å². The van der Waals surface area contributed by atoms with Crippen LogP contribution in [0.2, 0.25) is 0 Å². The molecule has 0 saturated heterocycles. The number of ether oxygens (including phenoxy) is 1. The standard InChI is InChI=1S/C18H22N2OS/c1-21-17-11-9-16(10-12-17)14-20-18(22)19-13-5-8-15-6-3-2-4-7-15/h2-4,6-7,9-12H,5,8,13-14H2,1H3,(H2,19,20,22). The third-order valence-electron chi connectivity index (χ3n) is 3.38. The van der Waals surface area contributed by atoms with Gasteiger partial charge in [0.15, 0.2) is 5.11 Å². The molecule has 0 radical (unpaired) electrons. The lowest BCUT2D eigenvalue weighted by Gasteiger charge is -2.11. The Balaban J connectivity index is 1.61. The van der Waals surface area contributed by atoms with Crippen LogP contribution in [0, 0.1) is 0 Å². The molecule has 2 N–H and O–H groups in total. The Labute approximate surface area is 137 Å². The molecule has 0 atom stereocenters. The molecule has 0 aromatic heterocycles. The van der Waals surface area contributed by atoms with Crippen molar-refractivity contribution in [2.75, 3.05) is 13.7 Å². The predicted molar refractivity (Wildman–Crippen MR) is 95.2 cm³/mol. The molecule has 0 amide bonds. The SMILES string of the molecule is COc1ccc(CNC(=S)NCCCc2ccccc2)cc1. The highest BCUT2D eigenvalue weighted by Crippen LogP contribution is 2.10. The molecule has 0 bridgehead atoms. The van der Waals surface area contributed by atoms with E-state index in [1.807, 2.05) is 30.3 Å². The highest BCUT2D eigenvalue weighted by molar-refractivity contribution is 7.80. The topological polar surface area (TPSA) is 33.3 Å². The third-order valence-corrected chi connectivity index (χ3v) is 3.67. The van der Waals surface area contributed by atoms with Gasteiger partial charge < -0.3 is 15.4 Å². The van der Waals surface area contributed by atoms with Crippen LogP contribution in [0.5, 0.6) is 5.75 Å². The van der Waals surface area contributed by atoms with Crippen LogP contribution in [0.15, 0.2) is 54.6 Å². The van der Waals surface area contributed by atoms with Gasteiger partial charge >= 0.3 is 0 Å². The fourth-order valence-electron chi connectivity index (χ4n) is 2.13. The largest absolute Gasteiger partial charge is 0.497 e. The maximum absolute atomic E-state index is 5.28. The van der Waals surface area contributed by atoms with E-state index in [1.165, 1.54) is 11.1 Å². The van der Waals surface area contributed by atoms with E-state index in [9.17, 15) is 0 Å². The molecule has 0 aliphatic carbocycles. The smallest absolute Gasteiger partial charge is 0.166 e. The lowest BCUT2D eigenvalue weighted by atomic mass is 10.1. The van der Waals surface area contributed by atoms with Gasteiger partial charge in [-0.2, -0.15) is 0 Å². The fraction of sp³-hybridized carbons (Fsp3) is 0.278. The van der Waals surface area contributed by atoms with Crippen LogP contribution in [0.25, 0.3) is 0 Å². The average molecular weight is 314 g/mol. The zero-order valence-electron chi connectivity index (χ0n) is 12.8. The highest BCUT2D eigenvalue weighted by atomic mass is 32.1. The Kier molecular flexibility index (Phi) is 6.71. The van der Waals surface area contributed by atoms with E-state index >= 15 is 0 Å². The number of benzene rings is 2. The van der Waals surface area contributed by atoms with E-state index in [0.717, 1.165) is 25.1 Å². The lowest BCUT2D eigenvalue weighted by Crippen LogP contribution is -2.35. The molecule has 0 saturated carbocycles. The second kappa shape index (κ2) is 9.05. The Morgan fingerprint density at radius 3 is 2.36 bits per heavy atom. The first-order chi connectivity index (χ1) is 10.8. The zero-order valence-corrected chi connectivity index (χ0v) is 13.7. The summed E-state index contributed by atoms with van der Waals surface area (Å²) < 4.78 is 5.14. The Morgan fingerprint density at radius 1 is 0.955 bits per heavy atom. The molecule has 116 valence electrons. The van der Waals surface area contributed by atoms with Crippen molar-refractivity contribution < 1.29 is 4.74 Å². The zero-order chi connectivity index (χ0) is 15.6. The summed E-state index contributed by atoms with van der Waals surface area (Å²) in [5, 5.41) is 7.15. The number of nitrogens with one attached hydrogen (secondary N) is 2. The summed E-state index contributed by atoms with van der Waals surface area (Å²) in [7, 11) is 1.67. The van der Waals surface area contributed by atoms with Crippen molar-refractivity contribution in [2.45, 2.75) is 19.4 Å². The molecule has 0 aliphatic rings. The summed E-state index contributed by atoms with van der Waals surface area (Å²) in [5.41, 5.74) is 2.54. The van der Waals surface area contributed by atoms with Crippen molar-refractivity contribution >= 4 is 17.3 Å². The van der Waals surface area contributed by atoms with E-state index in [4.69, 9.17) is 17.0 Å². The van der Waals surface area contributed by atoms with Crippen LogP contribution in [-0.4, -0.2) is 18.8 Å². The molecule has 0 spiro atoms. The maximum atomic E-state index is 5.28. The molecule has 0 aliphatic heterocycles. The quantitative estimate of drug-likeness (QED) is 0.607. The van der Waals surface area contributed by atoms with Crippen LogP contribution in [0.1, 0.15) is 17.5 Å². The highest BCUT2D eigenvalue weighted by Gasteiger charge is 1.98. The monoisotopic (exact) mass is 314 g/mol. The van der Waals surface area contributed by atoms with Gasteiger partial charge in [0.25, 0.3) is 0 Å². The molecule has 3 nitrogen and oxygen atoms in total. The summed E-state index contributed by atoms with van der Waals surface area (Å²) in [5.74, 6) is 0.866. The maximum Gasteiger partial charge on any atom is 0.166 e. The number of rotatable bonds is 7. The van der Waals surface area contributed by atoms with Gasteiger partial charge in [0.1, 0.15) is 5.75 Å². The normalized spacial score (nSPS) is 10.0. The first-order valence-electron chi connectivity index (χ1n) is 7.46. The second-order valence-corrected chi connectivity index (χ2v) is 5.45. The van der Waals surface area contributed by atoms with Gasteiger partial charge in [-0.3, -0.25) is 0 Å². The predicted octanol–water partition coefficient (Wildman–Crippen LogP) is 3.29. The summed E-state index contributed by atoms with van der Waals surface area (Å²) in [6.07, 6.45) is 2.13. The van der Waals surface area contributed by atoms with Gasteiger partial charge in [0, 0.05) is 13.1 Å². The first-order valence-corrected chi connectivity index (χ1v) is 7.87. The molecule has 0 heterocycles. The van der Waals surface area contributed by atoms with Crippen molar-refractivity contribution in [2.24, 2.45) is 0 Å². The third kappa shape index (κ3) is 5.74. The summed E-state index contributed by atoms with van der Waals surface area (Å²) >= 11 is 5.28. The molecule has 2 aromatic carbocycles. The van der Waals surface area contributed by atoms with Crippen molar-refractivity contribution in [1.82, 2.24) is 10.6 Å². The van der Waals surface area contributed by atoms with E-state index in [0.29, 0.717) is 11.7 Å². The summed E-state index contributed by atoms with van der Waals surface area (Å²) in [4.78, 5) is 0. The van der Waals surface area contributed by atoms with Gasteiger partial charge in [0.2, 0.25) is 0 Å². The molecule has 4 heteroatoms. The van der Waals surface area contributed by atoms with Crippen LogP contribution >= 0.6 is 12.2 Å². The Bertz CT molecular complexity index is 569. The van der Waals surface area contributed by atoms with Gasteiger partial charge in [-0.25, -0.2) is 0 Å². The van der Waals surface area contributed by atoms with Crippen molar-refractivity contribution in [3.8, 4) is 5.75 Å². The summed E-state index contributed by atoms with van der Waals surface area (Å²) in [6.45, 7) is 1.60. The van der Waals surface area contributed by atoms with Crippen LogP contribution in [0.3, 0.4) is 0 Å². The van der Waals surface area contributed by atoms with Crippen molar-refractivity contribution in [3.63, 3.8) is 0 Å². The average Bonchev–Trinajstić information content (AvgIpc) is 2.58. The van der Waals surface area contributed by atoms with Crippen LogP contribution in [-0.2, 0) is 13.0 Å². The first kappa shape index (κ1) is 16.3. The minimum absolute atomic E-state index is 0.698. The number of thiocarbonyl (C=S) groups is 1. The Hall–Kier alpha value is -2.07. The lowest BCUT2D eigenvalue weighted by molar-refractivity contribution is 0.414. The minimum atomic E-state index is 0.698.